The van der Waals surface area contributed by atoms with Gasteiger partial charge in [0.1, 0.15) is 6.04 Å². The number of nitrogens with two attached hydrogens (primary N) is 1. The van der Waals surface area contributed by atoms with Gasteiger partial charge in [0.25, 0.3) is 0 Å². The first-order valence-electron chi connectivity index (χ1n) is 9.50. The fraction of sp³-hybridized carbons (Fsp3) is 0.409. The van der Waals surface area contributed by atoms with Crippen LogP contribution in [0.2, 0.25) is 0 Å². The van der Waals surface area contributed by atoms with Crippen molar-refractivity contribution < 1.29 is 23.1 Å². The van der Waals surface area contributed by atoms with Crippen molar-refractivity contribution in [2.75, 3.05) is 0 Å². The van der Waals surface area contributed by atoms with E-state index in [0.717, 1.165) is 5.56 Å². The summed E-state index contributed by atoms with van der Waals surface area (Å²) in [5, 5.41) is 12.3. The number of nitrogens with one attached hydrogen (secondary N) is 1. The van der Waals surface area contributed by atoms with E-state index in [9.17, 15) is 23.1 Å². The molecule has 0 heterocycles. The van der Waals surface area contributed by atoms with Gasteiger partial charge >= 0.3 is 6.18 Å². The maximum absolute atomic E-state index is 13.7. The number of aliphatic hydroxyl groups excluding tert-OH is 1. The lowest BCUT2D eigenvalue weighted by molar-refractivity contribution is -0.160. The summed E-state index contributed by atoms with van der Waals surface area (Å²) in [4.78, 5) is 11.6. The molecule has 2 aromatic carbocycles. The number of benzene rings is 2. The molecule has 0 bridgehead atoms. The number of hydrogen-bond donors (Lipinski definition) is 3. The second-order valence-electron chi connectivity index (χ2n) is 7.61. The van der Waals surface area contributed by atoms with Gasteiger partial charge < -0.3 is 10.8 Å². The lowest BCUT2D eigenvalue weighted by atomic mass is 9.94. The molecule has 4 N–H and O–H groups in total. The second-order valence-corrected chi connectivity index (χ2v) is 7.61. The van der Waals surface area contributed by atoms with Crippen molar-refractivity contribution in [3.63, 3.8) is 0 Å². The van der Waals surface area contributed by atoms with Crippen LogP contribution in [0.3, 0.4) is 0 Å². The highest BCUT2D eigenvalue weighted by Crippen LogP contribution is 2.35. The van der Waals surface area contributed by atoms with Crippen LogP contribution in [0.5, 0.6) is 0 Å². The van der Waals surface area contributed by atoms with Gasteiger partial charge in [-0.1, -0.05) is 62.4 Å². The third-order valence-electron chi connectivity index (χ3n) is 4.71. The number of rotatable bonds is 8. The molecule has 29 heavy (non-hydrogen) atoms. The molecular weight excluding hydrogens is 381 g/mol. The molecule has 1 unspecified atom stereocenters. The largest absolute Gasteiger partial charge is 0.407 e. The Morgan fingerprint density at radius 1 is 1.07 bits per heavy atom. The quantitative estimate of drug-likeness (QED) is 0.602. The highest BCUT2D eigenvalue weighted by Gasteiger charge is 2.42. The molecule has 0 saturated heterocycles. The summed E-state index contributed by atoms with van der Waals surface area (Å²) < 4.78 is 41.1. The topological polar surface area (TPSA) is 75.3 Å². The van der Waals surface area contributed by atoms with Crippen LogP contribution in [0, 0.1) is 5.92 Å². The van der Waals surface area contributed by atoms with Crippen LogP contribution in [-0.4, -0.2) is 23.2 Å². The highest BCUT2D eigenvalue weighted by atomic mass is 19.4. The molecule has 0 aliphatic rings. The molecule has 1 amide bonds. The highest BCUT2D eigenvalue weighted by molar-refractivity contribution is 5.80. The molecule has 0 fully saturated rings. The van der Waals surface area contributed by atoms with Crippen LogP contribution < -0.4 is 11.1 Å². The maximum atomic E-state index is 13.7. The third kappa shape index (κ3) is 6.05. The van der Waals surface area contributed by atoms with Gasteiger partial charge in [0, 0.05) is 0 Å². The Morgan fingerprint density at radius 2 is 1.66 bits per heavy atom. The molecule has 2 aromatic rings. The first-order chi connectivity index (χ1) is 13.5. The number of halogens is 3. The lowest BCUT2D eigenvalue weighted by Crippen LogP contribution is -2.47. The zero-order valence-corrected chi connectivity index (χ0v) is 16.7. The number of hydrogen-bond acceptors (Lipinski definition) is 3. The number of primary amides is 1. The molecule has 2 rings (SSSR count). The van der Waals surface area contributed by atoms with Crippen LogP contribution >= 0.6 is 0 Å². The van der Waals surface area contributed by atoms with Crippen molar-refractivity contribution >= 4 is 5.91 Å². The molecule has 0 aliphatic carbocycles. The summed E-state index contributed by atoms with van der Waals surface area (Å²) in [6.45, 7) is 5.26. The summed E-state index contributed by atoms with van der Waals surface area (Å²) in [6.07, 6.45) is -5.09. The van der Waals surface area contributed by atoms with E-state index in [1.54, 1.807) is 37.3 Å². The first kappa shape index (κ1) is 22.9. The average molecular weight is 408 g/mol. The standard InChI is InChI=1S/C22H27F3N2O2/c1-13(2)12-19(21(26)29)27-20(22(23,24)25)16-10-8-15(9-11-16)18-7-5-4-6-17(18)14(3)28/h4-11,13-14,19-20,27-28H,12H2,1-3H3,(H2,26,29)/t14?,19-,20-/m0/s1. The maximum Gasteiger partial charge on any atom is 0.407 e. The molecule has 158 valence electrons. The third-order valence-corrected chi connectivity index (χ3v) is 4.71. The molecular formula is C22H27F3N2O2. The van der Waals surface area contributed by atoms with Gasteiger partial charge in [-0.05, 0) is 41.5 Å². The van der Waals surface area contributed by atoms with E-state index in [2.05, 4.69) is 5.32 Å². The molecule has 0 aliphatic heterocycles. The minimum absolute atomic E-state index is 0.00762. The van der Waals surface area contributed by atoms with Gasteiger partial charge in [-0.2, -0.15) is 13.2 Å². The van der Waals surface area contributed by atoms with Crippen molar-refractivity contribution in [1.82, 2.24) is 5.32 Å². The van der Waals surface area contributed by atoms with Crippen LogP contribution in [0.1, 0.15) is 50.5 Å². The van der Waals surface area contributed by atoms with Gasteiger partial charge in [0.05, 0.1) is 12.1 Å². The predicted molar refractivity (Wildman–Crippen MR) is 107 cm³/mol. The number of carbonyl (C=O) groups excluding carboxylic acids is 1. The second kappa shape index (κ2) is 9.41. The Labute approximate surface area is 168 Å². The van der Waals surface area contributed by atoms with Crippen molar-refractivity contribution in [2.45, 2.75) is 51.6 Å². The summed E-state index contributed by atoms with van der Waals surface area (Å²) in [7, 11) is 0. The zero-order chi connectivity index (χ0) is 21.8. The first-order valence-corrected chi connectivity index (χ1v) is 9.50. The Kier molecular flexibility index (Phi) is 7.43. The summed E-state index contributed by atoms with van der Waals surface area (Å²) in [5.74, 6) is -0.802. The zero-order valence-electron chi connectivity index (χ0n) is 16.7. The lowest BCUT2D eigenvalue weighted by Gasteiger charge is -2.27. The van der Waals surface area contributed by atoms with E-state index in [0.29, 0.717) is 11.1 Å². The van der Waals surface area contributed by atoms with Gasteiger partial charge in [0.2, 0.25) is 5.91 Å². The predicted octanol–water partition coefficient (Wildman–Crippen LogP) is 4.50. The average Bonchev–Trinajstić information content (AvgIpc) is 2.63. The number of carbonyl (C=O) groups is 1. The van der Waals surface area contributed by atoms with Crippen molar-refractivity contribution in [1.29, 1.82) is 0 Å². The fourth-order valence-corrected chi connectivity index (χ4v) is 3.30. The van der Waals surface area contributed by atoms with E-state index < -0.39 is 30.3 Å². The van der Waals surface area contributed by atoms with Crippen LogP contribution in [-0.2, 0) is 4.79 Å². The molecule has 3 atom stereocenters. The van der Waals surface area contributed by atoms with Crippen molar-refractivity contribution in [2.24, 2.45) is 11.7 Å². The number of aliphatic hydroxyl groups is 1. The van der Waals surface area contributed by atoms with Gasteiger partial charge in [0.15, 0.2) is 0 Å². The molecule has 7 heteroatoms. The summed E-state index contributed by atoms with van der Waals surface area (Å²) in [6, 6.07) is 10.0. The molecule has 0 spiro atoms. The van der Waals surface area contributed by atoms with Crippen LogP contribution in [0.15, 0.2) is 48.5 Å². The Hall–Kier alpha value is -2.38. The SMILES string of the molecule is CC(C)C[C@H](N[C@@H](c1ccc(-c2ccccc2C(C)O)cc1)C(F)(F)F)C(N)=O. The van der Waals surface area contributed by atoms with Gasteiger partial charge in [-0.25, -0.2) is 0 Å². The van der Waals surface area contributed by atoms with E-state index in [1.165, 1.54) is 12.1 Å². The fourth-order valence-electron chi connectivity index (χ4n) is 3.30. The van der Waals surface area contributed by atoms with E-state index in [-0.39, 0.29) is 17.9 Å². The Balaban J connectivity index is 2.36. The summed E-state index contributed by atoms with van der Waals surface area (Å²) in [5.41, 5.74) is 7.43. The van der Waals surface area contributed by atoms with Crippen LogP contribution in [0.4, 0.5) is 13.2 Å². The molecule has 0 saturated carbocycles. The molecule has 0 radical (unpaired) electrons. The van der Waals surface area contributed by atoms with E-state index in [1.807, 2.05) is 19.9 Å². The van der Waals surface area contributed by atoms with Crippen molar-refractivity contribution in [3.8, 4) is 11.1 Å². The Morgan fingerprint density at radius 3 is 2.14 bits per heavy atom. The minimum atomic E-state index is -4.59. The normalized spacial score (nSPS) is 15.2. The van der Waals surface area contributed by atoms with Crippen LogP contribution in [0.25, 0.3) is 11.1 Å². The monoisotopic (exact) mass is 408 g/mol. The van der Waals surface area contributed by atoms with Crippen molar-refractivity contribution in [3.05, 3.63) is 59.7 Å². The van der Waals surface area contributed by atoms with Gasteiger partial charge in [-0.15, -0.1) is 0 Å². The van der Waals surface area contributed by atoms with Gasteiger partial charge in [-0.3, -0.25) is 10.1 Å². The minimum Gasteiger partial charge on any atom is -0.389 e. The Bertz CT molecular complexity index is 818. The number of alkyl halides is 3. The van der Waals surface area contributed by atoms with E-state index >= 15 is 0 Å². The molecule has 4 nitrogen and oxygen atoms in total. The van der Waals surface area contributed by atoms with E-state index in [4.69, 9.17) is 5.73 Å². The smallest absolute Gasteiger partial charge is 0.389 e. The summed E-state index contributed by atoms with van der Waals surface area (Å²) >= 11 is 0. The molecule has 0 aromatic heterocycles. The number of amides is 1.